The summed E-state index contributed by atoms with van der Waals surface area (Å²) in [4.78, 5) is 21.6. The Balaban J connectivity index is 1.82. The first-order chi connectivity index (χ1) is 10.6. The Bertz CT molecular complexity index is 668. The number of carbonyl (C=O) groups excluding carboxylic acids is 1. The number of nitrogens with zero attached hydrogens (tertiary/aromatic N) is 2. The van der Waals surface area contributed by atoms with Crippen molar-refractivity contribution in [1.82, 2.24) is 4.98 Å². The molecule has 1 N–H and O–H groups in total. The Morgan fingerprint density at radius 3 is 2.82 bits per heavy atom. The van der Waals surface area contributed by atoms with Crippen LogP contribution in [0.3, 0.4) is 0 Å². The zero-order valence-corrected chi connectivity index (χ0v) is 14.0. The topological polar surface area (TPSA) is 63.6 Å². The third-order valence-electron chi connectivity index (χ3n) is 2.69. The largest absolute Gasteiger partial charge is 0.391 e. The molecule has 1 heterocycles. The van der Waals surface area contributed by atoms with Gasteiger partial charge in [0.25, 0.3) is 0 Å². The first kappa shape index (κ1) is 16.7. The molecule has 1 aromatic heterocycles. The van der Waals surface area contributed by atoms with E-state index >= 15 is 0 Å². The molecule has 1 aromatic carbocycles. The second-order valence-electron chi connectivity index (χ2n) is 4.17. The zero-order chi connectivity index (χ0) is 15.9. The van der Waals surface area contributed by atoms with Crippen LogP contribution in [0.1, 0.15) is 21.7 Å². The second-order valence-corrected chi connectivity index (χ2v) is 6.01. The highest BCUT2D eigenvalue weighted by Gasteiger charge is 2.09. The van der Waals surface area contributed by atoms with E-state index in [2.05, 4.69) is 15.5 Å². The van der Waals surface area contributed by atoms with Gasteiger partial charge in [0.05, 0.1) is 23.7 Å². The van der Waals surface area contributed by atoms with E-state index in [0.29, 0.717) is 25.6 Å². The van der Waals surface area contributed by atoms with Gasteiger partial charge in [0.1, 0.15) is 6.61 Å². The van der Waals surface area contributed by atoms with Crippen LogP contribution < -0.4 is 5.32 Å². The fourth-order valence-corrected chi connectivity index (χ4v) is 2.79. The van der Waals surface area contributed by atoms with Crippen molar-refractivity contribution in [2.75, 3.05) is 12.4 Å². The highest BCUT2D eigenvalue weighted by molar-refractivity contribution is 7.17. The van der Waals surface area contributed by atoms with Gasteiger partial charge in [-0.3, -0.25) is 4.79 Å². The van der Waals surface area contributed by atoms with Gasteiger partial charge in [0.2, 0.25) is 0 Å². The molecule has 8 heteroatoms. The summed E-state index contributed by atoms with van der Waals surface area (Å²) in [7, 11) is 1.75. The van der Waals surface area contributed by atoms with Crippen LogP contribution in [-0.2, 0) is 11.4 Å². The predicted octanol–water partition coefficient (Wildman–Crippen LogP) is 4.27. The summed E-state index contributed by atoms with van der Waals surface area (Å²) >= 11 is 13.3. The number of carbonyl (C=O) groups is 1. The van der Waals surface area contributed by atoms with Crippen LogP contribution >= 0.6 is 34.5 Å². The minimum atomic E-state index is -0.0675. The number of thiazole rings is 1. The standard InChI is InChI=1S/C14H13Cl2N3O2S/c1-17-14-18-7-13(22-14)12(20)5-6-19-21-8-9-10(15)3-2-4-11(9)16/h2-4,6-7H,5,8H2,1H3,(H,17,18)/b19-6-. The molecule has 0 saturated carbocycles. The van der Waals surface area contributed by atoms with Gasteiger partial charge in [0.15, 0.2) is 10.9 Å². The molecule has 116 valence electrons. The molecular formula is C14H13Cl2N3O2S. The van der Waals surface area contributed by atoms with Gasteiger partial charge >= 0.3 is 0 Å². The molecule has 0 unspecified atom stereocenters. The molecule has 0 saturated heterocycles. The lowest BCUT2D eigenvalue weighted by atomic mass is 10.2. The summed E-state index contributed by atoms with van der Waals surface area (Å²) in [5.74, 6) is -0.0675. The van der Waals surface area contributed by atoms with Gasteiger partial charge in [-0.1, -0.05) is 45.8 Å². The number of aromatic nitrogens is 1. The summed E-state index contributed by atoms with van der Waals surface area (Å²) in [6.45, 7) is 0.146. The Hall–Kier alpha value is -1.63. The first-order valence-electron chi connectivity index (χ1n) is 6.35. The maximum Gasteiger partial charge on any atom is 0.183 e. The average Bonchev–Trinajstić information content (AvgIpc) is 2.98. The van der Waals surface area contributed by atoms with E-state index in [-0.39, 0.29) is 18.8 Å². The zero-order valence-electron chi connectivity index (χ0n) is 11.7. The van der Waals surface area contributed by atoms with Crippen molar-refractivity contribution in [2.45, 2.75) is 13.0 Å². The molecule has 0 radical (unpaired) electrons. The van der Waals surface area contributed by atoms with Gasteiger partial charge in [0, 0.05) is 22.7 Å². The minimum Gasteiger partial charge on any atom is -0.391 e. The summed E-state index contributed by atoms with van der Waals surface area (Å²) in [6, 6.07) is 5.20. The van der Waals surface area contributed by atoms with Gasteiger partial charge in [-0.15, -0.1) is 0 Å². The molecule has 5 nitrogen and oxygen atoms in total. The molecule has 2 aromatic rings. The second kappa shape index (κ2) is 8.12. The lowest BCUT2D eigenvalue weighted by molar-refractivity contribution is 0.1000. The fraction of sp³-hybridized carbons (Fsp3) is 0.214. The van der Waals surface area contributed by atoms with E-state index < -0.39 is 0 Å². The van der Waals surface area contributed by atoms with Crippen molar-refractivity contribution in [3.63, 3.8) is 0 Å². The van der Waals surface area contributed by atoms with Gasteiger partial charge in [-0.25, -0.2) is 4.98 Å². The minimum absolute atomic E-state index is 0.0675. The van der Waals surface area contributed by atoms with Crippen molar-refractivity contribution in [2.24, 2.45) is 5.16 Å². The maximum atomic E-state index is 11.9. The fourth-order valence-electron chi connectivity index (χ4n) is 1.56. The van der Waals surface area contributed by atoms with Crippen molar-refractivity contribution in [1.29, 1.82) is 0 Å². The molecule has 0 bridgehead atoms. The lowest BCUT2D eigenvalue weighted by Crippen LogP contribution is -1.97. The van der Waals surface area contributed by atoms with Crippen molar-refractivity contribution in [3.05, 3.63) is 44.9 Å². The van der Waals surface area contributed by atoms with E-state index in [0.717, 1.165) is 0 Å². The van der Waals surface area contributed by atoms with E-state index in [4.69, 9.17) is 28.0 Å². The van der Waals surface area contributed by atoms with Crippen LogP contribution in [0.4, 0.5) is 5.13 Å². The van der Waals surface area contributed by atoms with E-state index in [1.54, 1.807) is 25.2 Å². The number of hydrogen-bond donors (Lipinski definition) is 1. The number of rotatable bonds is 7. The summed E-state index contributed by atoms with van der Waals surface area (Å²) in [5, 5.41) is 8.36. The Morgan fingerprint density at radius 1 is 1.45 bits per heavy atom. The summed E-state index contributed by atoms with van der Waals surface area (Å²) in [6.07, 6.45) is 3.09. The van der Waals surface area contributed by atoms with Crippen LogP contribution in [0.5, 0.6) is 0 Å². The summed E-state index contributed by atoms with van der Waals surface area (Å²) < 4.78 is 0. The number of oxime groups is 1. The Labute approximate surface area is 141 Å². The van der Waals surface area contributed by atoms with Gasteiger partial charge in [-0.2, -0.15) is 0 Å². The molecule has 22 heavy (non-hydrogen) atoms. The number of halogens is 2. The van der Waals surface area contributed by atoms with Crippen LogP contribution in [0.15, 0.2) is 29.6 Å². The van der Waals surface area contributed by atoms with Crippen molar-refractivity contribution in [3.8, 4) is 0 Å². The van der Waals surface area contributed by atoms with Gasteiger partial charge in [-0.05, 0) is 12.1 Å². The monoisotopic (exact) mass is 357 g/mol. The lowest BCUT2D eigenvalue weighted by Gasteiger charge is -2.04. The van der Waals surface area contributed by atoms with Crippen LogP contribution in [0.25, 0.3) is 0 Å². The van der Waals surface area contributed by atoms with Crippen LogP contribution in [-0.4, -0.2) is 24.0 Å². The molecular weight excluding hydrogens is 345 g/mol. The maximum absolute atomic E-state index is 11.9. The van der Waals surface area contributed by atoms with Crippen LogP contribution in [0.2, 0.25) is 10.0 Å². The number of anilines is 1. The quantitative estimate of drug-likeness (QED) is 0.456. The molecule has 0 atom stereocenters. The SMILES string of the molecule is CNc1ncc(C(=O)C/C=N\OCc2c(Cl)cccc2Cl)s1. The number of benzene rings is 1. The molecule has 2 rings (SSSR count). The molecule has 0 spiro atoms. The molecule has 0 amide bonds. The van der Waals surface area contributed by atoms with Crippen LogP contribution in [0, 0.1) is 0 Å². The number of Topliss-reactive ketones (excluding diaryl/α,β-unsaturated/α-hetero) is 1. The average molecular weight is 358 g/mol. The molecule has 0 aliphatic rings. The molecule has 0 aliphatic carbocycles. The van der Waals surface area contributed by atoms with Gasteiger partial charge < -0.3 is 10.2 Å². The van der Waals surface area contributed by atoms with E-state index in [1.165, 1.54) is 23.7 Å². The molecule has 0 aliphatic heterocycles. The van der Waals surface area contributed by atoms with Crippen molar-refractivity contribution >= 4 is 51.7 Å². The number of hydrogen-bond acceptors (Lipinski definition) is 6. The summed E-state index contributed by atoms with van der Waals surface area (Å²) in [5.41, 5.74) is 0.662. The third-order valence-corrected chi connectivity index (χ3v) is 4.45. The highest BCUT2D eigenvalue weighted by atomic mass is 35.5. The van der Waals surface area contributed by atoms with E-state index in [1.807, 2.05) is 0 Å². The normalized spacial score (nSPS) is 10.9. The Morgan fingerprint density at radius 2 is 2.18 bits per heavy atom. The Kier molecular flexibility index (Phi) is 6.18. The predicted molar refractivity (Wildman–Crippen MR) is 90.4 cm³/mol. The number of nitrogens with one attached hydrogen (secondary N) is 1. The smallest absolute Gasteiger partial charge is 0.183 e. The van der Waals surface area contributed by atoms with Crippen molar-refractivity contribution < 1.29 is 9.63 Å². The molecule has 0 fully saturated rings. The highest BCUT2D eigenvalue weighted by Crippen LogP contribution is 2.24. The third kappa shape index (κ3) is 4.43. The first-order valence-corrected chi connectivity index (χ1v) is 7.92. The van der Waals surface area contributed by atoms with E-state index in [9.17, 15) is 4.79 Å². The number of ketones is 1.